The summed E-state index contributed by atoms with van der Waals surface area (Å²) in [5, 5.41) is 10.4. The van der Waals surface area contributed by atoms with E-state index in [-0.39, 0.29) is 34.6 Å². The lowest BCUT2D eigenvalue weighted by molar-refractivity contribution is -0.130. The van der Waals surface area contributed by atoms with Crippen LogP contribution in [0.25, 0.3) is 16.6 Å². The van der Waals surface area contributed by atoms with E-state index in [0.29, 0.717) is 28.1 Å². The normalized spacial score (nSPS) is 11.6. The van der Waals surface area contributed by atoms with Crippen molar-refractivity contribution in [2.24, 2.45) is 0 Å². The Morgan fingerprint density at radius 3 is 2.03 bits per heavy atom. The molecule has 1 N–H and O–H groups in total. The van der Waals surface area contributed by atoms with Crippen molar-refractivity contribution in [3.8, 4) is 23.0 Å². The molecule has 0 saturated heterocycles. The van der Waals surface area contributed by atoms with Gasteiger partial charge in [-0.15, -0.1) is 0 Å². The molecule has 0 aliphatic heterocycles. The van der Waals surface area contributed by atoms with Gasteiger partial charge in [0.1, 0.15) is 16.8 Å². The average molecular weight is 535 g/mol. The van der Waals surface area contributed by atoms with E-state index in [0.717, 1.165) is 22.9 Å². The maximum absolute atomic E-state index is 14.1. The fourth-order valence-electron chi connectivity index (χ4n) is 4.29. The maximum Gasteiger partial charge on any atom is 0.336 e. The Balaban J connectivity index is 1.95. The smallest absolute Gasteiger partial charge is 0.336 e. The number of benzene rings is 3. The summed E-state index contributed by atoms with van der Waals surface area (Å²) >= 11 is 1.03. The minimum Gasteiger partial charge on any atom is -0.496 e. The summed E-state index contributed by atoms with van der Waals surface area (Å²) in [5.41, 5.74) is 3.28. The number of carbonyl (C=O) groups is 2. The van der Waals surface area contributed by atoms with Gasteiger partial charge in [0, 0.05) is 17.6 Å². The highest BCUT2D eigenvalue weighted by Gasteiger charge is 2.26. The summed E-state index contributed by atoms with van der Waals surface area (Å²) in [5.74, 6) is -0.165. The first-order chi connectivity index (χ1) is 18.3. The van der Waals surface area contributed by atoms with E-state index >= 15 is 0 Å². The topological polar surface area (TPSA) is 117 Å². The van der Waals surface area contributed by atoms with Crippen LogP contribution in [0.5, 0.6) is 23.0 Å². The molecule has 0 saturated carbocycles. The maximum atomic E-state index is 14.1. The van der Waals surface area contributed by atoms with E-state index < -0.39 is 11.8 Å². The van der Waals surface area contributed by atoms with Gasteiger partial charge in [0.2, 0.25) is 5.75 Å². The van der Waals surface area contributed by atoms with Crippen LogP contribution in [0.4, 0.5) is 0 Å². The van der Waals surface area contributed by atoms with Gasteiger partial charge in [-0.25, -0.2) is 4.79 Å². The van der Waals surface area contributed by atoms with Gasteiger partial charge in [-0.05, 0) is 53.9 Å². The summed E-state index contributed by atoms with van der Waals surface area (Å²) in [6, 6.07) is 13.4. The van der Waals surface area contributed by atoms with Gasteiger partial charge in [0.25, 0.3) is 0 Å². The molecule has 4 aromatic rings. The molecule has 0 unspecified atom stereocenters. The van der Waals surface area contributed by atoms with E-state index in [1.165, 1.54) is 33.5 Å². The number of aliphatic carboxylic acids is 1. The Morgan fingerprint density at radius 1 is 0.789 bits per heavy atom. The molecule has 38 heavy (non-hydrogen) atoms. The van der Waals surface area contributed by atoms with Crippen LogP contribution in [-0.4, -0.2) is 54.0 Å². The minimum atomic E-state index is -1.24. The van der Waals surface area contributed by atoms with E-state index in [4.69, 9.17) is 18.9 Å². The number of nitrogens with zero attached hydrogens (tertiary/aromatic N) is 2. The quantitative estimate of drug-likeness (QED) is 0.222. The second kappa shape index (κ2) is 11.3. The largest absolute Gasteiger partial charge is 0.496 e. The molecular formula is C28H26N2O7S. The number of rotatable bonds is 10. The van der Waals surface area contributed by atoms with Crippen molar-refractivity contribution in [2.45, 2.75) is 13.3 Å². The van der Waals surface area contributed by atoms with Crippen LogP contribution >= 0.6 is 11.7 Å². The predicted octanol–water partition coefficient (Wildman–Crippen LogP) is 5.00. The third-order valence-corrected chi connectivity index (χ3v) is 6.66. The number of hydrogen-bond donors (Lipinski definition) is 1. The van der Waals surface area contributed by atoms with Crippen molar-refractivity contribution in [1.82, 2.24) is 8.75 Å². The fraction of sp³-hybridized carbons (Fsp3) is 0.214. The van der Waals surface area contributed by atoms with Gasteiger partial charge in [-0.2, -0.15) is 8.75 Å². The van der Waals surface area contributed by atoms with Crippen LogP contribution < -0.4 is 18.9 Å². The monoisotopic (exact) mass is 534 g/mol. The summed E-state index contributed by atoms with van der Waals surface area (Å²) < 4.78 is 30.0. The molecule has 0 radical (unpaired) electrons. The number of carboxylic acids is 1. The first-order valence-corrected chi connectivity index (χ1v) is 12.2. The second-order valence-electron chi connectivity index (χ2n) is 8.35. The number of carbonyl (C=O) groups excluding carboxylic acids is 1. The molecule has 9 nitrogen and oxygen atoms in total. The zero-order chi connectivity index (χ0) is 27.4. The Hall–Kier alpha value is -4.44. The molecule has 0 aliphatic carbocycles. The van der Waals surface area contributed by atoms with Crippen molar-refractivity contribution in [1.29, 1.82) is 0 Å². The van der Waals surface area contributed by atoms with Crippen molar-refractivity contribution >= 4 is 40.1 Å². The molecule has 3 aromatic carbocycles. The summed E-state index contributed by atoms with van der Waals surface area (Å²) in [4.78, 5) is 26.8. The molecular weight excluding hydrogens is 508 g/mol. The number of aromatic nitrogens is 2. The van der Waals surface area contributed by atoms with Crippen molar-refractivity contribution in [3.63, 3.8) is 0 Å². The second-order valence-corrected chi connectivity index (χ2v) is 8.88. The van der Waals surface area contributed by atoms with E-state index in [9.17, 15) is 14.7 Å². The lowest BCUT2D eigenvalue weighted by Gasteiger charge is -2.17. The molecule has 4 rings (SSSR count). The minimum absolute atomic E-state index is 0.0509. The van der Waals surface area contributed by atoms with Crippen LogP contribution in [0.15, 0.2) is 54.1 Å². The molecule has 0 spiro atoms. The van der Waals surface area contributed by atoms with Crippen molar-refractivity contribution < 1.29 is 33.6 Å². The zero-order valence-electron chi connectivity index (χ0n) is 21.5. The number of allylic oxidation sites excluding steroid dienone is 1. The summed E-state index contributed by atoms with van der Waals surface area (Å²) in [6.45, 7) is 1.88. The summed E-state index contributed by atoms with van der Waals surface area (Å²) in [6.07, 6.45) is 0.0509. The molecule has 0 fully saturated rings. The van der Waals surface area contributed by atoms with Crippen LogP contribution in [0.1, 0.15) is 27.0 Å². The number of ether oxygens (including phenoxy) is 4. The number of fused-ring (bicyclic) bond motifs is 1. The number of carboxylic acid groups (broad SMARTS) is 1. The van der Waals surface area contributed by atoms with Crippen LogP contribution in [0.3, 0.4) is 0 Å². The fourth-order valence-corrected chi connectivity index (χ4v) is 4.81. The highest BCUT2D eigenvalue weighted by molar-refractivity contribution is 7.00. The van der Waals surface area contributed by atoms with Gasteiger partial charge in [0.05, 0.1) is 45.7 Å². The lowest BCUT2D eigenvalue weighted by atomic mass is 9.88. The number of methoxy groups -OCH3 is 4. The molecule has 0 amide bonds. The Bertz CT molecular complexity index is 1530. The Morgan fingerprint density at radius 2 is 1.45 bits per heavy atom. The average Bonchev–Trinajstić information content (AvgIpc) is 3.39. The Kier molecular flexibility index (Phi) is 7.92. The van der Waals surface area contributed by atoms with Crippen LogP contribution in [0, 0.1) is 6.92 Å². The highest BCUT2D eigenvalue weighted by atomic mass is 32.1. The van der Waals surface area contributed by atoms with Crippen molar-refractivity contribution in [2.75, 3.05) is 28.4 Å². The van der Waals surface area contributed by atoms with E-state index in [1.54, 1.807) is 37.4 Å². The summed E-state index contributed by atoms with van der Waals surface area (Å²) in [7, 11) is 5.93. The van der Waals surface area contributed by atoms with Gasteiger partial charge >= 0.3 is 5.97 Å². The standard InChI is InChI=1S/C28H26N2O7S/c1-15-10-16(6-9-22(15)34-2)11-19(25(28(32)33)17-7-8-20-21(12-17)30-38-29-20)26(31)18-13-23(35-3)27(37-5)24(14-18)36-4/h6-10,12-14H,11H2,1-5H3,(H,32,33). The first-order valence-electron chi connectivity index (χ1n) is 11.5. The number of aryl methyl sites for hydroxylation is 1. The lowest BCUT2D eigenvalue weighted by Crippen LogP contribution is -2.14. The molecule has 196 valence electrons. The predicted molar refractivity (Wildman–Crippen MR) is 144 cm³/mol. The van der Waals surface area contributed by atoms with E-state index in [1.807, 2.05) is 13.0 Å². The zero-order valence-corrected chi connectivity index (χ0v) is 22.3. The Labute approximate surface area is 223 Å². The number of hydrogen-bond acceptors (Lipinski definition) is 9. The third kappa shape index (κ3) is 5.16. The molecule has 0 bridgehead atoms. The van der Waals surface area contributed by atoms with Gasteiger partial charge in [0.15, 0.2) is 17.3 Å². The number of ketones is 1. The highest BCUT2D eigenvalue weighted by Crippen LogP contribution is 2.39. The molecule has 1 heterocycles. The first kappa shape index (κ1) is 26.6. The van der Waals surface area contributed by atoms with E-state index in [2.05, 4.69) is 8.75 Å². The SMILES string of the molecule is COc1ccc(CC(C(=O)c2cc(OC)c(OC)c(OC)c2)=C(C(=O)O)c2ccc3nsnc3c2)cc1C. The van der Waals surface area contributed by atoms with Crippen LogP contribution in [-0.2, 0) is 11.2 Å². The van der Waals surface area contributed by atoms with Crippen molar-refractivity contribution in [3.05, 3.63) is 76.4 Å². The van der Waals surface area contributed by atoms with Gasteiger partial charge in [-0.1, -0.05) is 18.2 Å². The molecule has 1 aromatic heterocycles. The molecule has 0 aliphatic rings. The molecule has 10 heteroatoms. The van der Waals surface area contributed by atoms with Gasteiger partial charge < -0.3 is 24.1 Å². The van der Waals surface area contributed by atoms with Gasteiger partial charge in [-0.3, -0.25) is 4.79 Å². The van der Waals surface area contributed by atoms with Crippen LogP contribution in [0.2, 0.25) is 0 Å². The third-order valence-electron chi connectivity index (χ3n) is 6.10. The number of Topliss-reactive ketones (excluding diaryl/α,β-unsaturated/α-hetero) is 1. The molecule has 0 atom stereocenters.